The molecule has 0 rings (SSSR count). The van der Waals surface area contributed by atoms with E-state index in [-0.39, 0.29) is 0 Å². The van der Waals surface area contributed by atoms with E-state index >= 15 is 0 Å². The van der Waals surface area contributed by atoms with Crippen LogP contribution in [-0.2, 0) is 0 Å². The molecule has 0 heteroatoms. The highest BCUT2D eigenvalue weighted by Gasteiger charge is 1.95. The Morgan fingerprint density at radius 2 is 0.630 bits per heavy atom. The molecule has 0 radical (unpaired) electrons. The standard InChI is InChI=1S/C27H54/c1-3-5-7-9-11-13-15-17-19-21-23-25-27-26-24-22-20-18-16-14-12-10-8-6-4-2/h3,5H,4,6-27H2,1-2H3/b5-3-. The van der Waals surface area contributed by atoms with Gasteiger partial charge in [0.25, 0.3) is 0 Å². The SMILES string of the molecule is C/C=C\CCCCCCCCCCCCCCCCCCCCCCCC. The van der Waals surface area contributed by atoms with Gasteiger partial charge in [-0.2, -0.15) is 0 Å². The first-order valence-corrected chi connectivity index (χ1v) is 13.0. The monoisotopic (exact) mass is 378 g/mol. The van der Waals surface area contributed by atoms with Crippen molar-refractivity contribution in [1.82, 2.24) is 0 Å². The molecule has 0 atom stereocenters. The summed E-state index contributed by atoms with van der Waals surface area (Å²) in [4.78, 5) is 0. The van der Waals surface area contributed by atoms with E-state index in [1.165, 1.54) is 148 Å². The molecule has 0 nitrogen and oxygen atoms in total. The summed E-state index contributed by atoms with van der Waals surface area (Å²) in [5, 5.41) is 0. The van der Waals surface area contributed by atoms with E-state index in [2.05, 4.69) is 26.0 Å². The van der Waals surface area contributed by atoms with Crippen molar-refractivity contribution in [2.75, 3.05) is 0 Å². The number of hydrogen-bond donors (Lipinski definition) is 0. The second kappa shape index (κ2) is 25.7. The average Bonchev–Trinajstić information content (AvgIpc) is 2.68. The second-order valence-electron chi connectivity index (χ2n) is 8.78. The Morgan fingerprint density at radius 1 is 0.370 bits per heavy atom. The molecule has 0 fully saturated rings. The van der Waals surface area contributed by atoms with Gasteiger partial charge in [0.2, 0.25) is 0 Å². The highest BCUT2D eigenvalue weighted by molar-refractivity contribution is 4.76. The number of rotatable bonds is 23. The predicted octanol–water partition coefficient (Wildman–Crippen LogP) is 10.6. The molecule has 0 bridgehead atoms. The molecule has 0 saturated carbocycles. The molecule has 0 spiro atoms. The molecule has 0 amide bonds. The van der Waals surface area contributed by atoms with Crippen LogP contribution in [0.25, 0.3) is 0 Å². The zero-order chi connectivity index (χ0) is 19.7. The molecule has 0 heterocycles. The van der Waals surface area contributed by atoms with E-state index in [4.69, 9.17) is 0 Å². The quantitative estimate of drug-likeness (QED) is 0.122. The van der Waals surface area contributed by atoms with Gasteiger partial charge in [-0.25, -0.2) is 0 Å². The minimum atomic E-state index is 1.29. The van der Waals surface area contributed by atoms with Crippen molar-refractivity contribution >= 4 is 0 Å². The minimum absolute atomic E-state index is 1.29. The molecular formula is C27H54. The maximum atomic E-state index is 2.30. The fourth-order valence-electron chi connectivity index (χ4n) is 4.04. The third kappa shape index (κ3) is 25.7. The van der Waals surface area contributed by atoms with Gasteiger partial charge in [-0.05, 0) is 19.8 Å². The van der Waals surface area contributed by atoms with Crippen LogP contribution in [0.3, 0.4) is 0 Å². The summed E-state index contributed by atoms with van der Waals surface area (Å²) in [5.74, 6) is 0. The Balaban J connectivity index is 2.97. The van der Waals surface area contributed by atoms with Crippen molar-refractivity contribution in [3.63, 3.8) is 0 Å². The van der Waals surface area contributed by atoms with Crippen LogP contribution in [0.2, 0.25) is 0 Å². The van der Waals surface area contributed by atoms with Gasteiger partial charge in [0, 0.05) is 0 Å². The van der Waals surface area contributed by atoms with E-state index in [9.17, 15) is 0 Å². The normalized spacial score (nSPS) is 11.6. The number of hydrogen-bond acceptors (Lipinski definition) is 0. The van der Waals surface area contributed by atoms with E-state index in [0.29, 0.717) is 0 Å². The lowest BCUT2D eigenvalue weighted by Crippen LogP contribution is -1.84. The third-order valence-electron chi connectivity index (χ3n) is 5.96. The highest BCUT2D eigenvalue weighted by Crippen LogP contribution is 2.15. The van der Waals surface area contributed by atoms with Crippen LogP contribution in [0.15, 0.2) is 12.2 Å². The maximum Gasteiger partial charge on any atom is -0.0351 e. The molecule has 0 aliphatic heterocycles. The fourth-order valence-corrected chi connectivity index (χ4v) is 4.04. The van der Waals surface area contributed by atoms with Crippen molar-refractivity contribution in [2.24, 2.45) is 0 Å². The van der Waals surface area contributed by atoms with Gasteiger partial charge in [0.05, 0.1) is 0 Å². The summed E-state index contributed by atoms with van der Waals surface area (Å²) in [5.41, 5.74) is 0. The molecule has 0 aromatic rings. The zero-order valence-electron chi connectivity index (χ0n) is 19.4. The molecule has 0 saturated heterocycles. The molecule has 162 valence electrons. The predicted molar refractivity (Wildman–Crippen MR) is 127 cm³/mol. The fraction of sp³-hybridized carbons (Fsp3) is 0.926. The minimum Gasteiger partial charge on any atom is -0.0917 e. The van der Waals surface area contributed by atoms with E-state index in [1.54, 1.807) is 0 Å². The van der Waals surface area contributed by atoms with Crippen molar-refractivity contribution < 1.29 is 0 Å². The van der Waals surface area contributed by atoms with Crippen LogP contribution in [-0.4, -0.2) is 0 Å². The number of unbranched alkanes of at least 4 members (excludes halogenated alkanes) is 22. The topological polar surface area (TPSA) is 0 Å². The molecule has 27 heavy (non-hydrogen) atoms. The molecule has 0 unspecified atom stereocenters. The first kappa shape index (κ1) is 26.7. The Labute approximate surface area is 174 Å². The van der Waals surface area contributed by atoms with Gasteiger partial charge < -0.3 is 0 Å². The molecule has 0 aliphatic rings. The Kier molecular flexibility index (Phi) is 25.5. The van der Waals surface area contributed by atoms with E-state index in [0.717, 1.165) is 0 Å². The summed E-state index contributed by atoms with van der Waals surface area (Å²) in [6.07, 6.45) is 38.1. The highest BCUT2D eigenvalue weighted by atomic mass is 14.0. The van der Waals surface area contributed by atoms with Crippen molar-refractivity contribution in [1.29, 1.82) is 0 Å². The maximum absolute atomic E-state index is 2.30. The molecule has 0 aliphatic carbocycles. The summed E-state index contributed by atoms with van der Waals surface area (Å²) in [6.45, 7) is 4.43. The van der Waals surface area contributed by atoms with Crippen LogP contribution >= 0.6 is 0 Å². The lowest BCUT2D eigenvalue weighted by molar-refractivity contribution is 0.519. The van der Waals surface area contributed by atoms with Crippen LogP contribution in [0.4, 0.5) is 0 Å². The zero-order valence-corrected chi connectivity index (χ0v) is 19.4. The molecule has 0 N–H and O–H groups in total. The van der Waals surface area contributed by atoms with Crippen LogP contribution in [0.5, 0.6) is 0 Å². The Hall–Kier alpha value is -0.260. The van der Waals surface area contributed by atoms with Crippen LogP contribution < -0.4 is 0 Å². The van der Waals surface area contributed by atoms with E-state index < -0.39 is 0 Å². The second-order valence-corrected chi connectivity index (χ2v) is 8.78. The largest absolute Gasteiger partial charge is 0.0917 e. The molecular weight excluding hydrogens is 324 g/mol. The van der Waals surface area contributed by atoms with Gasteiger partial charge in [0.1, 0.15) is 0 Å². The molecule has 0 aromatic carbocycles. The third-order valence-corrected chi connectivity index (χ3v) is 5.96. The summed E-state index contributed by atoms with van der Waals surface area (Å²) in [7, 11) is 0. The van der Waals surface area contributed by atoms with Gasteiger partial charge in [-0.1, -0.05) is 154 Å². The van der Waals surface area contributed by atoms with Crippen LogP contribution in [0.1, 0.15) is 162 Å². The summed E-state index contributed by atoms with van der Waals surface area (Å²) < 4.78 is 0. The smallest absolute Gasteiger partial charge is 0.0351 e. The van der Waals surface area contributed by atoms with Gasteiger partial charge in [-0.15, -0.1) is 0 Å². The van der Waals surface area contributed by atoms with Gasteiger partial charge >= 0.3 is 0 Å². The summed E-state index contributed by atoms with van der Waals surface area (Å²) >= 11 is 0. The van der Waals surface area contributed by atoms with Gasteiger partial charge in [0.15, 0.2) is 0 Å². The number of allylic oxidation sites excluding steroid dienone is 2. The summed E-state index contributed by atoms with van der Waals surface area (Å²) in [6, 6.07) is 0. The lowest BCUT2D eigenvalue weighted by Gasteiger charge is -2.04. The van der Waals surface area contributed by atoms with Crippen molar-refractivity contribution in [3.8, 4) is 0 Å². The van der Waals surface area contributed by atoms with Gasteiger partial charge in [-0.3, -0.25) is 0 Å². The first-order valence-electron chi connectivity index (χ1n) is 13.0. The van der Waals surface area contributed by atoms with Crippen LogP contribution in [0, 0.1) is 0 Å². The van der Waals surface area contributed by atoms with E-state index in [1.807, 2.05) is 0 Å². The Morgan fingerprint density at radius 3 is 0.889 bits per heavy atom. The lowest BCUT2D eigenvalue weighted by atomic mass is 10.0. The molecule has 0 aromatic heterocycles. The Bertz CT molecular complexity index is 265. The first-order chi connectivity index (χ1) is 13.4. The van der Waals surface area contributed by atoms with Crippen molar-refractivity contribution in [2.45, 2.75) is 162 Å². The average molecular weight is 379 g/mol. The van der Waals surface area contributed by atoms with Crippen molar-refractivity contribution in [3.05, 3.63) is 12.2 Å².